The molecule has 2 aliphatic carbocycles. The third-order valence-corrected chi connectivity index (χ3v) is 18.2. The summed E-state index contributed by atoms with van der Waals surface area (Å²) in [5.74, 6) is 2.85. The number of hydrogen-bond donors (Lipinski definition) is 2. The van der Waals surface area contributed by atoms with Crippen molar-refractivity contribution in [2.75, 3.05) is 23.8 Å². The minimum atomic E-state index is -0.222. The highest BCUT2D eigenvalue weighted by molar-refractivity contribution is 8.00. The fraction of sp³-hybridized carbons (Fsp3) is 0.394. The number of rotatable bonds is 26. The Morgan fingerprint density at radius 3 is 1.49 bits per heavy atom. The number of carbonyl (C=O) groups is 2. The molecule has 7 nitrogen and oxygen atoms in total. The first-order chi connectivity index (χ1) is 39.0. The van der Waals surface area contributed by atoms with Crippen LogP contribution in [0.2, 0.25) is 0 Å². The molecule has 9 heteroatoms. The highest BCUT2D eigenvalue weighted by Crippen LogP contribution is 2.47. The second-order valence-corrected chi connectivity index (χ2v) is 24.6. The van der Waals surface area contributed by atoms with E-state index in [2.05, 4.69) is 145 Å². The molecule has 2 aliphatic rings. The van der Waals surface area contributed by atoms with E-state index >= 15 is 9.59 Å². The maximum Gasteiger partial charge on any atom is 0.197 e. The Kier molecular flexibility index (Phi) is 20.4. The van der Waals surface area contributed by atoms with Gasteiger partial charge in [-0.15, -0.1) is 0 Å². The van der Waals surface area contributed by atoms with Gasteiger partial charge in [-0.05, 0) is 202 Å². The number of aromatic nitrogens is 1. The number of ketones is 2. The Balaban J connectivity index is 1.08. The van der Waals surface area contributed by atoms with Crippen molar-refractivity contribution in [1.29, 1.82) is 0 Å². The van der Waals surface area contributed by atoms with Crippen molar-refractivity contribution >= 4 is 57.8 Å². The van der Waals surface area contributed by atoms with Crippen molar-refractivity contribution in [2.24, 2.45) is 5.92 Å². The van der Waals surface area contributed by atoms with Crippen LogP contribution >= 0.6 is 23.5 Å². The number of anilines is 4. The summed E-state index contributed by atoms with van der Waals surface area (Å²) in [6, 6.07) is 38.1. The average Bonchev–Trinajstić information content (AvgIpc) is 3.65. The molecular formula is C71H83N3O4S2. The molecule has 2 N–H and O–H groups in total. The van der Waals surface area contributed by atoms with E-state index in [4.69, 9.17) is 14.5 Å². The summed E-state index contributed by atoms with van der Waals surface area (Å²) in [5, 5.41) is 8.03. The SMILES string of the molecule is CCCCCc1ccc(Sc2ccc(Sc3ccc(-c4ccc(C5CCC(CCCCC)CC5)cc4)cc3)c3c2C(=O)c2c(Nc4cc(C)c(OCCCC)c(C)c4)ccc(Nc4cc(C)c(OCCCC)c(C)c4)c2C3=O)nc1. The summed E-state index contributed by atoms with van der Waals surface area (Å²) in [5.41, 5.74) is 13.1. The zero-order chi connectivity index (χ0) is 56.1. The van der Waals surface area contributed by atoms with Crippen molar-refractivity contribution < 1.29 is 19.1 Å². The lowest BCUT2D eigenvalue weighted by atomic mass is 9.77. The largest absolute Gasteiger partial charge is 0.493 e. The maximum atomic E-state index is 16.0. The van der Waals surface area contributed by atoms with E-state index in [1.807, 2.05) is 36.5 Å². The minimum Gasteiger partial charge on any atom is -0.493 e. The number of benzene rings is 6. The van der Waals surface area contributed by atoms with Crippen LogP contribution in [-0.2, 0) is 6.42 Å². The minimum absolute atomic E-state index is 0.216. The van der Waals surface area contributed by atoms with Crippen LogP contribution in [0, 0.1) is 33.6 Å². The third-order valence-electron chi connectivity index (χ3n) is 16.2. The number of carbonyl (C=O) groups excluding carboxylic acids is 2. The van der Waals surface area contributed by atoms with Gasteiger partial charge in [0.1, 0.15) is 16.5 Å². The van der Waals surface area contributed by atoms with Crippen molar-refractivity contribution in [3.05, 3.63) is 171 Å². The molecule has 1 heterocycles. The molecule has 0 spiro atoms. The molecule has 9 rings (SSSR count). The van der Waals surface area contributed by atoms with E-state index in [0.717, 1.165) is 116 Å². The van der Waals surface area contributed by atoms with Gasteiger partial charge in [0, 0.05) is 43.4 Å². The quantitative estimate of drug-likeness (QED) is 0.0515. The fourth-order valence-corrected chi connectivity index (χ4v) is 13.6. The number of ether oxygens (including phenoxy) is 2. The molecule has 7 aromatic rings. The molecule has 0 unspecified atom stereocenters. The molecule has 0 aliphatic heterocycles. The predicted molar refractivity (Wildman–Crippen MR) is 335 cm³/mol. The molecule has 418 valence electrons. The number of unbranched alkanes of at least 4 members (excludes halogenated alkanes) is 6. The molecule has 0 atom stereocenters. The van der Waals surface area contributed by atoms with E-state index in [1.54, 1.807) is 0 Å². The van der Waals surface area contributed by atoms with Crippen LogP contribution in [0.25, 0.3) is 11.1 Å². The van der Waals surface area contributed by atoms with Crippen molar-refractivity contribution in [3.8, 4) is 22.6 Å². The molecule has 6 aromatic carbocycles. The smallest absolute Gasteiger partial charge is 0.197 e. The first-order valence-corrected chi connectivity index (χ1v) is 31.6. The fourth-order valence-electron chi connectivity index (χ4n) is 11.7. The van der Waals surface area contributed by atoms with Crippen LogP contribution in [0.4, 0.5) is 22.7 Å². The number of aryl methyl sites for hydroxylation is 5. The zero-order valence-electron chi connectivity index (χ0n) is 48.7. The lowest BCUT2D eigenvalue weighted by molar-refractivity contribution is 0.0976. The van der Waals surface area contributed by atoms with Crippen LogP contribution in [0.5, 0.6) is 11.5 Å². The van der Waals surface area contributed by atoms with Gasteiger partial charge in [-0.3, -0.25) is 9.59 Å². The van der Waals surface area contributed by atoms with Gasteiger partial charge in [0.25, 0.3) is 0 Å². The molecule has 80 heavy (non-hydrogen) atoms. The summed E-state index contributed by atoms with van der Waals surface area (Å²) >= 11 is 2.96. The van der Waals surface area contributed by atoms with Gasteiger partial charge in [-0.1, -0.05) is 145 Å². The molecular weight excluding hydrogens is 1020 g/mol. The third kappa shape index (κ3) is 14.1. The van der Waals surface area contributed by atoms with Crippen molar-refractivity contribution in [3.63, 3.8) is 0 Å². The van der Waals surface area contributed by atoms with Gasteiger partial charge in [-0.2, -0.15) is 0 Å². The van der Waals surface area contributed by atoms with Crippen LogP contribution in [-0.4, -0.2) is 29.8 Å². The standard InChI is InChI=1S/C71H83N3O4S2/c1-9-13-17-19-50-21-24-52(25-22-50)53-26-28-54(29-27-53)55-30-32-58(33-31-55)79-61-36-37-62(80-63-38-23-51(45-72-63)20-18-14-10-2)67-66(61)68(75)64-59(73-56-41-46(5)70(47(6)42-56)77-39-15-11-3)34-35-60(65(64)69(67)76)74-57-43-48(7)71(49(8)44-57)78-40-16-12-4/h23,26-38,41-45,50,52,73-74H,9-22,24-25,39-40H2,1-8H3. The lowest BCUT2D eigenvalue weighted by Gasteiger charge is -2.29. The number of fused-ring (bicyclic) bond motifs is 2. The van der Waals surface area contributed by atoms with E-state index in [1.165, 1.54) is 98.0 Å². The average molecular weight is 1110 g/mol. The van der Waals surface area contributed by atoms with Gasteiger partial charge in [0.2, 0.25) is 0 Å². The molecule has 1 fully saturated rings. The molecule has 0 saturated heterocycles. The zero-order valence-corrected chi connectivity index (χ0v) is 50.4. The topological polar surface area (TPSA) is 89.5 Å². The number of nitrogens with one attached hydrogen (secondary N) is 2. The molecule has 0 radical (unpaired) electrons. The Morgan fingerprint density at radius 1 is 0.512 bits per heavy atom. The van der Waals surface area contributed by atoms with E-state index < -0.39 is 0 Å². The maximum absolute atomic E-state index is 16.0. The number of hydrogen-bond acceptors (Lipinski definition) is 9. The van der Waals surface area contributed by atoms with E-state index in [-0.39, 0.29) is 11.6 Å². The second-order valence-electron chi connectivity index (χ2n) is 22.4. The summed E-state index contributed by atoms with van der Waals surface area (Å²) in [7, 11) is 0. The molecule has 1 aromatic heterocycles. The van der Waals surface area contributed by atoms with Gasteiger partial charge in [-0.25, -0.2) is 4.98 Å². The van der Waals surface area contributed by atoms with Crippen LogP contribution in [0.15, 0.2) is 135 Å². The first-order valence-electron chi connectivity index (χ1n) is 29.9. The predicted octanol–water partition coefficient (Wildman–Crippen LogP) is 20.5. The molecule has 0 amide bonds. The van der Waals surface area contributed by atoms with Gasteiger partial charge >= 0.3 is 0 Å². The summed E-state index contributed by atoms with van der Waals surface area (Å²) in [6.45, 7) is 18.3. The number of pyridine rings is 1. The molecule has 1 saturated carbocycles. The monoisotopic (exact) mass is 1110 g/mol. The van der Waals surface area contributed by atoms with Crippen molar-refractivity contribution in [1.82, 2.24) is 4.98 Å². The molecule has 0 bridgehead atoms. The first kappa shape index (κ1) is 58.4. The van der Waals surface area contributed by atoms with E-state index in [9.17, 15) is 0 Å². The van der Waals surface area contributed by atoms with Crippen LogP contribution in [0.1, 0.15) is 195 Å². The Hall–Kier alpha value is -6.29. The highest BCUT2D eigenvalue weighted by atomic mass is 32.2. The summed E-state index contributed by atoms with van der Waals surface area (Å²) in [4.78, 5) is 39.3. The van der Waals surface area contributed by atoms with Gasteiger partial charge < -0.3 is 20.1 Å². The highest BCUT2D eigenvalue weighted by Gasteiger charge is 2.38. The Labute approximate surface area is 486 Å². The van der Waals surface area contributed by atoms with Gasteiger partial charge in [0.15, 0.2) is 11.6 Å². The second kappa shape index (κ2) is 27.9. The Morgan fingerprint density at radius 2 is 1.00 bits per heavy atom. The van der Waals surface area contributed by atoms with Crippen LogP contribution < -0.4 is 20.1 Å². The Bertz CT molecular complexity index is 3200. The summed E-state index contributed by atoms with van der Waals surface area (Å²) in [6.07, 6.45) is 21.1. The van der Waals surface area contributed by atoms with Gasteiger partial charge in [0.05, 0.1) is 35.7 Å². The van der Waals surface area contributed by atoms with Crippen molar-refractivity contribution in [2.45, 2.75) is 184 Å². The van der Waals surface area contributed by atoms with E-state index in [0.29, 0.717) is 57.7 Å². The van der Waals surface area contributed by atoms with Crippen LogP contribution in [0.3, 0.4) is 0 Å². The lowest BCUT2D eigenvalue weighted by Crippen LogP contribution is -2.25. The number of nitrogens with zero attached hydrogens (tertiary/aromatic N) is 1. The normalized spacial score (nSPS) is 14.9. The summed E-state index contributed by atoms with van der Waals surface area (Å²) < 4.78 is 12.5.